The zero-order valence-corrected chi connectivity index (χ0v) is 12.4. The van der Waals surface area contributed by atoms with Gasteiger partial charge < -0.3 is 15.7 Å². The average molecular weight is 296 g/mol. The molecule has 1 aliphatic heterocycles. The number of benzene rings is 2. The fraction of sp³-hybridized carbons (Fsp3) is 0.278. The molecule has 0 spiro atoms. The van der Waals surface area contributed by atoms with Crippen LogP contribution in [0.25, 0.3) is 11.1 Å². The highest BCUT2D eigenvalue weighted by Crippen LogP contribution is 2.27. The molecule has 2 atom stereocenters. The van der Waals surface area contributed by atoms with Crippen LogP contribution in [-0.4, -0.2) is 41.1 Å². The summed E-state index contributed by atoms with van der Waals surface area (Å²) in [6.07, 6.45) is 0.0665. The maximum Gasteiger partial charge on any atom is 0.254 e. The van der Waals surface area contributed by atoms with Crippen LogP contribution in [-0.2, 0) is 0 Å². The molecule has 0 aliphatic carbocycles. The number of hydrogen-bond acceptors (Lipinski definition) is 3. The smallest absolute Gasteiger partial charge is 0.254 e. The molecule has 0 saturated carbocycles. The van der Waals surface area contributed by atoms with Crippen LogP contribution < -0.4 is 5.73 Å². The highest BCUT2D eigenvalue weighted by Gasteiger charge is 2.34. The van der Waals surface area contributed by atoms with Gasteiger partial charge in [0, 0.05) is 24.7 Å². The van der Waals surface area contributed by atoms with E-state index in [-0.39, 0.29) is 11.9 Å². The predicted molar refractivity (Wildman–Crippen MR) is 86.4 cm³/mol. The van der Waals surface area contributed by atoms with Gasteiger partial charge in [0.2, 0.25) is 0 Å². The summed E-state index contributed by atoms with van der Waals surface area (Å²) < 4.78 is 0. The van der Waals surface area contributed by atoms with Crippen molar-refractivity contribution >= 4 is 5.91 Å². The zero-order chi connectivity index (χ0) is 15.5. The first-order valence-electron chi connectivity index (χ1n) is 7.54. The topological polar surface area (TPSA) is 66.6 Å². The number of aliphatic hydroxyl groups excluding tert-OH is 1. The van der Waals surface area contributed by atoms with Gasteiger partial charge in [-0.1, -0.05) is 48.5 Å². The Morgan fingerprint density at radius 1 is 1.14 bits per heavy atom. The van der Waals surface area contributed by atoms with Crippen molar-refractivity contribution in [1.82, 2.24) is 4.90 Å². The Bertz CT molecular complexity index is 657. The minimum atomic E-state index is -0.485. The molecule has 2 unspecified atom stereocenters. The summed E-state index contributed by atoms with van der Waals surface area (Å²) in [7, 11) is 0. The summed E-state index contributed by atoms with van der Waals surface area (Å²) >= 11 is 0. The molecular weight excluding hydrogens is 276 g/mol. The van der Waals surface area contributed by atoms with Gasteiger partial charge in [0.25, 0.3) is 5.91 Å². The van der Waals surface area contributed by atoms with E-state index in [0.29, 0.717) is 25.1 Å². The number of likely N-dealkylation sites (tertiary alicyclic amines) is 1. The van der Waals surface area contributed by atoms with Crippen LogP contribution in [0.5, 0.6) is 0 Å². The maximum absolute atomic E-state index is 12.9. The van der Waals surface area contributed by atoms with Gasteiger partial charge in [0.15, 0.2) is 0 Å². The summed E-state index contributed by atoms with van der Waals surface area (Å²) in [5, 5.41) is 9.83. The van der Waals surface area contributed by atoms with Crippen molar-refractivity contribution in [3.05, 3.63) is 60.2 Å². The van der Waals surface area contributed by atoms with Crippen molar-refractivity contribution < 1.29 is 9.90 Å². The third kappa shape index (κ3) is 2.75. The van der Waals surface area contributed by atoms with E-state index in [1.807, 2.05) is 54.6 Å². The van der Waals surface area contributed by atoms with E-state index in [9.17, 15) is 9.90 Å². The van der Waals surface area contributed by atoms with Crippen molar-refractivity contribution in [1.29, 1.82) is 0 Å². The lowest BCUT2D eigenvalue weighted by Crippen LogP contribution is -2.40. The van der Waals surface area contributed by atoms with Crippen LogP contribution in [0, 0.1) is 0 Å². The molecule has 1 amide bonds. The molecule has 1 fully saturated rings. The van der Waals surface area contributed by atoms with Crippen LogP contribution in [0.2, 0.25) is 0 Å². The zero-order valence-electron chi connectivity index (χ0n) is 12.4. The third-order valence-electron chi connectivity index (χ3n) is 4.17. The van der Waals surface area contributed by atoms with E-state index in [4.69, 9.17) is 5.73 Å². The van der Waals surface area contributed by atoms with Gasteiger partial charge in [-0.3, -0.25) is 4.79 Å². The number of β-amino-alcohol motifs (C(OH)–C–C–N with tert-alkyl or cyclic N) is 1. The molecule has 1 heterocycles. The van der Waals surface area contributed by atoms with E-state index < -0.39 is 6.10 Å². The Hall–Kier alpha value is -2.17. The number of aliphatic hydroxyl groups is 1. The van der Waals surface area contributed by atoms with Crippen molar-refractivity contribution in [2.24, 2.45) is 5.73 Å². The lowest BCUT2D eigenvalue weighted by Gasteiger charge is -2.24. The van der Waals surface area contributed by atoms with Crippen molar-refractivity contribution in [2.45, 2.75) is 18.6 Å². The van der Waals surface area contributed by atoms with E-state index in [0.717, 1.165) is 11.1 Å². The Balaban J connectivity index is 1.97. The van der Waals surface area contributed by atoms with E-state index >= 15 is 0 Å². The molecule has 0 radical (unpaired) electrons. The number of nitrogens with zero attached hydrogens (tertiary/aromatic N) is 1. The summed E-state index contributed by atoms with van der Waals surface area (Å²) in [6.45, 7) is 0.722. The number of hydrogen-bond donors (Lipinski definition) is 2. The normalized spacial score (nSPS) is 21.1. The molecule has 22 heavy (non-hydrogen) atoms. The molecule has 3 N–H and O–H groups in total. The molecule has 3 rings (SSSR count). The van der Waals surface area contributed by atoms with Gasteiger partial charge in [0.1, 0.15) is 0 Å². The fourth-order valence-corrected chi connectivity index (χ4v) is 3.06. The molecule has 114 valence electrons. The highest BCUT2D eigenvalue weighted by molar-refractivity contribution is 6.01. The lowest BCUT2D eigenvalue weighted by atomic mass is 9.98. The van der Waals surface area contributed by atoms with Crippen molar-refractivity contribution in [2.75, 3.05) is 13.1 Å². The SMILES string of the molecule is NCC1CC(O)CN1C(=O)c1ccccc1-c1ccccc1. The molecule has 1 saturated heterocycles. The largest absolute Gasteiger partial charge is 0.391 e. The first kappa shape index (κ1) is 14.8. The number of amides is 1. The van der Waals surface area contributed by atoms with E-state index in [1.165, 1.54) is 0 Å². The van der Waals surface area contributed by atoms with Crippen LogP contribution in [0.3, 0.4) is 0 Å². The second-order valence-electron chi connectivity index (χ2n) is 5.65. The summed E-state index contributed by atoms with van der Waals surface area (Å²) in [5.74, 6) is -0.0635. The van der Waals surface area contributed by atoms with Gasteiger partial charge in [-0.15, -0.1) is 0 Å². The standard InChI is InChI=1S/C18H20N2O2/c19-11-14-10-15(21)12-20(14)18(22)17-9-5-4-8-16(17)13-6-2-1-3-7-13/h1-9,14-15,21H,10-12,19H2. The second-order valence-corrected chi connectivity index (χ2v) is 5.65. The molecule has 2 aromatic rings. The molecule has 1 aliphatic rings. The average Bonchev–Trinajstić information content (AvgIpc) is 2.96. The third-order valence-corrected chi connectivity index (χ3v) is 4.17. The van der Waals surface area contributed by atoms with E-state index in [2.05, 4.69) is 0 Å². The van der Waals surface area contributed by atoms with Gasteiger partial charge in [0.05, 0.1) is 6.10 Å². The number of carbonyl (C=O) groups is 1. The van der Waals surface area contributed by atoms with E-state index in [1.54, 1.807) is 4.90 Å². The Kier molecular flexibility index (Phi) is 4.22. The molecule has 0 aromatic heterocycles. The highest BCUT2D eigenvalue weighted by atomic mass is 16.3. The molecule has 0 bridgehead atoms. The van der Waals surface area contributed by atoms with Crippen LogP contribution in [0.15, 0.2) is 54.6 Å². The number of nitrogens with two attached hydrogens (primary N) is 1. The second kappa shape index (κ2) is 6.30. The number of rotatable bonds is 3. The molecular formula is C18H20N2O2. The van der Waals surface area contributed by atoms with Crippen molar-refractivity contribution in [3.63, 3.8) is 0 Å². The predicted octanol–water partition coefficient (Wildman–Crippen LogP) is 1.89. The van der Waals surface area contributed by atoms with Crippen LogP contribution in [0.4, 0.5) is 0 Å². The minimum Gasteiger partial charge on any atom is -0.391 e. The van der Waals surface area contributed by atoms with Gasteiger partial charge in [-0.05, 0) is 23.6 Å². The monoisotopic (exact) mass is 296 g/mol. The Morgan fingerprint density at radius 3 is 2.55 bits per heavy atom. The summed E-state index contributed by atoms with van der Waals surface area (Å²) in [6, 6.07) is 17.3. The van der Waals surface area contributed by atoms with Gasteiger partial charge in [-0.2, -0.15) is 0 Å². The van der Waals surface area contributed by atoms with Crippen molar-refractivity contribution in [3.8, 4) is 11.1 Å². The quantitative estimate of drug-likeness (QED) is 0.909. The molecule has 4 heteroatoms. The lowest BCUT2D eigenvalue weighted by molar-refractivity contribution is 0.0721. The molecule has 2 aromatic carbocycles. The Morgan fingerprint density at radius 2 is 1.82 bits per heavy atom. The summed E-state index contributed by atoms with van der Waals surface area (Å²) in [4.78, 5) is 14.6. The maximum atomic E-state index is 12.9. The Labute approximate surface area is 130 Å². The summed E-state index contributed by atoms with van der Waals surface area (Å²) in [5.41, 5.74) is 8.32. The first-order chi connectivity index (χ1) is 10.7. The molecule has 4 nitrogen and oxygen atoms in total. The first-order valence-corrected chi connectivity index (χ1v) is 7.54. The van der Waals surface area contributed by atoms with Crippen LogP contribution in [0.1, 0.15) is 16.8 Å². The van der Waals surface area contributed by atoms with Gasteiger partial charge >= 0.3 is 0 Å². The number of carbonyl (C=O) groups excluding carboxylic acids is 1. The van der Waals surface area contributed by atoms with Crippen LogP contribution >= 0.6 is 0 Å². The minimum absolute atomic E-state index is 0.0635. The fourth-order valence-electron chi connectivity index (χ4n) is 3.06. The van der Waals surface area contributed by atoms with Gasteiger partial charge in [-0.25, -0.2) is 0 Å².